The molecule has 176 valence electrons. The van der Waals surface area contributed by atoms with Gasteiger partial charge in [-0.1, -0.05) is 17.7 Å². The lowest BCUT2D eigenvalue weighted by Gasteiger charge is -2.45. The number of nitrogens with zero attached hydrogens (tertiary/aromatic N) is 2. The first-order chi connectivity index (χ1) is 16.3. The molecule has 3 aliphatic rings. The van der Waals surface area contributed by atoms with Gasteiger partial charge in [0.05, 0.1) is 22.5 Å². The second-order valence-corrected chi connectivity index (χ2v) is 9.74. The number of hydrogen-bond acceptors (Lipinski definition) is 3. The molecule has 0 saturated heterocycles. The van der Waals surface area contributed by atoms with Gasteiger partial charge in [-0.25, -0.2) is 0 Å². The summed E-state index contributed by atoms with van der Waals surface area (Å²) < 4.78 is 40.9. The molecule has 1 aliphatic carbocycles. The Labute approximate surface area is 196 Å². The maximum Gasteiger partial charge on any atom is 0.416 e. The van der Waals surface area contributed by atoms with Crippen LogP contribution in [0.3, 0.4) is 0 Å². The molecule has 4 nitrogen and oxygen atoms in total. The van der Waals surface area contributed by atoms with E-state index in [1.165, 1.54) is 39.9 Å². The Hall–Kier alpha value is -3.06. The molecule has 3 heterocycles. The zero-order valence-electron chi connectivity index (χ0n) is 19.0. The van der Waals surface area contributed by atoms with E-state index >= 15 is 0 Å². The smallest absolute Gasteiger partial charge is 0.333 e. The zero-order chi connectivity index (χ0) is 23.5. The van der Waals surface area contributed by atoms with Crippen molar-refractivity contribution in [3.8, 4) is 0 Å². The second-order valence-electron chi connectivity index (χ2n) is 9.74. The number of halogens is 3. The quantitative estimate of drug-likeness (QED) is 0.427. The largest absolute Gasteiger partial charge is 0.416 e. The van der Waals surface area contributed by atoms with Gasteiger partial charge in [0.15, 0.2) is 0 Å². The number of benzene rings is 2. The Balaban J connectivity index is 1.31. The van der Waals surface area contributed by atoms with Crippen LogP contribution in [0.1, 0.15) is 54.1 Å². The van der Waals surface area contributed by atoms with E-state index in [-0.39, 0.29) is 5.54 Å². The SMILES string of the molecule is Cc1ccc2c(c1)c1c3n2[C@@]2(C=C/C(=N\Nc4ccc(C(F)(F)F)cc4)CC2)CC[C@@H]3NCC1. The summed E-state index contributed by atoms with van der Waals surface area (Å²) >= 11 is 0. The molecule has 0 saturated carbocycles. The summed E-state index contributed by atoms with van der Waals surface area (Å²) in [5, 5.41) is 9.59. The minimum absolute atomic E-state index is 0.0655. The Morgan fingerprint density at radius 1 is 1.09 bits per heavy atom. The van der Waals surface area contributed by atoms with E-state index in [9.17, 15) is 13.2 Å². The van der Waals surface area contributed by atoms with E-state index in [2.05, 4.69) is 57.7 Å². The fourth-order valence-electron chi connectivity index (χ4n) is 5.93. The van der Waals surface area contributed by atoms with Crippen molar-refractivity contribution in [2.24, 2.45) is 5.10 Å². The number of fused-ring (bicyclic) bond motifs is 4. The minimum Gasteiger partial charge on any atom is -0.333 e. The summed E-state index contributed by atoms with van der Waals surface area (Å²) in [6.45, 7) is 3.18. The molecule has 0 fully saturated rings. The molecular weight excluding hydrogens is 437 g/mol. The van der Waals surface area contributed by atoms with Crippen molar-refractivity contribution >= 4 is 22.3 Å². The first-order valence-corrected chi connectivity index (χ1v) is 11.9. The van der Waals surface area contributed by atoms with Crippen LogP contribution < -0.4 is 10.7 Å². The van der Waals surface area contributed by atoms with Crippen LogP contribution in [-0.2, 0) is 18.1 Å². The van der Waals surface area contributed by atoms with Crippen LogP contribution in [0.2, 0.25) is 0 Å². The van der Waals surface area contributed by atoms with Gasteiger partial charge in [-0.2, -0.15) is 18.3 Å². The molecule has 2 aliphatic heterocycles. The lowest BCUT2D eigenvalue weighted by atomic mass is 9.77. The van der Waals surface area contributed by atoms with Gasteiger partial charge in [-0.15, -0.1) is 0 Å². The Bertz CT molecular complexity index is 1320. The molecular formula is C27H27F3N4. The summed E-state index contributed by atoms with van der Waals surface area (Å²) in [7, 11) is 0. The normalized spacial score (nSPS) is 25.2. The molecule has 0 unspecified atom stereocenters. The van der Waals surface area contributed by atoms with Gasteiger partial charge in [0, 0.05) is 22.6 Å². The number of hydrazone groups is 1. The molecule has 7 heteroatoms. The third kappa shape index (κ3) is 3.45. The van der Waals surface area contributed by atoms with Crippen LogP contribution in [0.25, 0.3) is 10.9 Å². The number of nitrogens with one attached hydrogen (secondary N) is 2. The topological polar surface area (TPSA) is 41.4 Å². The standard InChI is InChI=1S/C27H27F3N4/c1-17-2-7-24-22(16-17)21-11-15-31-23-10-14-26(34(24)25(21)23)12-8-20(9-13-26)33-32-19-5-3-18(4-6-19)27(28,29)30/h2-8,12,16,23,31-32H,9-11,13-15H2,1H3/b33-20+/t23-,26+/m0/s1. The summed E-state index contributed by atoms with van der Waals surface area (Å²) in [6, 6.07) is 12.2. The van der Waals surface area contributed by atoms with E-state index in [0.29, 0.717) is 11.7 Å². The van der Waals surface area contributed by atoms with Gasteiger partial charge in [-0.05, 0) is 93.6 Å². The molecule has 6 rings (SSSR count). The average molecular weight is 465 g/mol. The van der Waals surface area contributed by atoms with Gasteiger partial charge in [-0.3, -0.25) is 5.43 Å². The summed E-state index contributed by atoms with van der Waals surface area (Å²) in [4.78, 5) is 0. The summed E-state index contributed by atoms with van der Waals surface area (Å²) in [5.74, 6) is 0. The van der Waals surface area contributed by atoms with Crippen LogP contribution in [-0.4, -0.2) is 16.8 Å². The van der Waals surface area contributed by atoms with Crippen molar-refractivity contribution in [2.75, 3.05) is 12.0 Å². The fraction of sp³-hybridized carbons (Fsp3) is 0.370. The number of rotatable bonds is 2. The number of aryl methyl sites for hydroxylation is 1. The monoisotopic (exact) mass is 464 g/mol. The van der Waals surface area contributed by atoms with Crippen molar-refractivity contribution in [3.05, 3.63) is 77.0 Å². The highest BCUT2D eigenvalue weighted by atomic mass is 19.4. The molecule has 2 atom stereocenters. The lowest BCUT2D eigenvalue weighted by molar-refractivity contribution is -0.137. The summed E-state index contributed by atoms with van der Waals surface area (Å²) in [6.07, 6.45) is 5.06. The first kappa shape index (κ1) is 21.5. The molecule has 2 N–H and O–H groups in total. The number of alkyl halides is 3. The third-order valence-corrected chi connectivity index (χ3v) is 7.62. The third-order valence-electron chi connectivity index (χ3n) is 7.62. The molecule has 2 aromatic carbocycles. The maximum atomic E-state index is 12.8. The number of anilines is 1. The van der Waals surface area contributed by atoms with Gasteiger partial charge in [0.2, 0.25) is 0 Å². The highest BCUT2D eigenvalue weighted by molar-refractivity contribution is 5.97. The molecule has 3 aromatic rings. The molecule has 1 aromatic heterocycles. The van der Waals surface area contributed by atoms with E-state index in [0.717, 1.165) is 56.5 Å². The number of hydrogen-bond donors (Lipinski definition) is 2. The van der Waals surface area contributed by atoms with Crippen LogP contribution in [0.15, 0.2) is 59.7 Å². The van der Waals surface area contributed by atoms with Crippen LogP contribution in [0, 0.1) is 6.92 Å². The average Bonchev–Trinajstić information content (AvgIpc) is 3.17. The predicted molar refractivity (Wildman–Crippen MR) is 129 cm³/mol. The van der Waals surface area contributed by atoms with Crippen molar-refractivity contribution in [2.45, 2.75) is 56.8 Å². The zero-order valence-corrected chi connectivity index (χ0v) is 19.0. The Morgan fingerprint density at radius 3 is 2.65 bits per heavy atom. The molecule has 0 radical (unpaired) electrons. The van der Waals surface area contributed by atoms with Gasteiger partial charge in [0.1, 0.15) is 0 Å². The van der Waals surface area contributed by atoms with Crippen LogP contribution in [0.4, 0.5) is 18.9 Å². The number of aromatic nitrogens is 1. The molecule has 1 spiro atoms. The Morgan fingerprint density at radius 2 is 1.91 bits per heavy atom. The van der Waals surface area contributed by atoms with Crippen LogP contribution >= 0.6 is 0 Å². The van der Waals surface area contributed by atoms with E-state index < -0.39 is 11.7 Å². The van der Waals surface area contributed by atoms with Crippen molar-refractivity contribution < 1.29 is 13.2 Å². The van der Waals surface area contributed by atoms with Gasteiger partial charge < -0.3 is 9.88 Å². The summed E-state index contributed by atoms with van der Waals surface area (Å²) in [5.41, 5.74) is 9.20. The van der Waals surface area contributed by atoms with Crippen molar-refractivity contribution in [1.29, 1.82) is 0 Å². The second kappa shape index (κ2) is 7.73. The van der Waals surface area contributed by atoms with Gasteiger partial charge >= 0.3 is 6.18 Å². The van der Waals surface area contributed by atoms with Crippen molar-refractivity contribution in [1.82, 2.24) is 9.88 Å². The number of allylic oxidation sites excluding steroid dienone is 2. The molecule has 34 heavy (non-hydrogen) atoms. The van der Waals surface area contributed by atoms with Crippen LogP contribution in [0.5, 0.6) is 0 Å². The highest BCUT2D eigenvalue weighted by Crippen LogP contribution is 2.48. The van der Waals surface area contributed by atoms with E-state index in [4.69, 9.17) is 0 Å². The molecule has 0 bridgehead atoms. The fourth-order valence-corrected chi connectivity index (χ4v) is 5.93. The maximum absolute atomic E-state index is 12.8. The van der Waals surface area contributed by atoms with E-state index in [1.54, 1.807) is 0 Å². The first-order valence-electron chi connectivity index (χ1n) is 11.9. The highest BCUT2D eigenvalue weighted by Gasteiger charge is 2.43. The lowest BCUT2D eigenvalue weighted by Crippen LogP contribution is -2.44. The Kier molecular flexibility index (Phi) is 4.88. The van der Waals surface area contributed by atoms with Gasteiger partial charge in [0.25, 0.3) is 0 Å². The predicted octanol–water partition coefficient (Wildman–Crippen LogP) is 6.46. The minimum atomic E-state index is -4.33. The van der Waals surface area contributed by atoms with E-state index in [1.807, 2.05) is 0 Å². The molecule has 0 amide bonds. The van der Waals surface area contributed by atoms with Crippen molar-refractivity contribution in [3.63, 3.8) is 0 Å².